The number of likely N-dealkylation sites (N-methyl/N-ethyl adjacent to an activating group) is 1. The number of ether oxygens (including phenoxy) is 2. The number of carbonyl (C=O) groups excluding carboxylic acids is 4. The fourth-order valence-corrected chi connectivity index (χ4v) is 11.2. The number of urea groups is 1. The lowest BCUT2D eigenvalue weighted by atomic mass is 9.84. The summed E-state index contributed by atoms with van der Waals surface area (Å²) in [4.78, 5) is 71.9. The van der Waals surface area contributed by atoms with E-state index in [4.69, 9.17) is 19.4 Å². The Morgan fingerprint density at radius 2 is 1.88 bits per heavy atom. The third kappa shape index (κ3) is 9.47. The fourth-order valence-electron chi connectivity index (χ4n) is 10.4. The first-order valence-corrected chi connectivity index (χ1v) is 24.3. The molecule has 0 spiro atoms. The summed E-state index contributed by atoms with van der Waals surface area (Å²) in [6.45, 7) is 17.2. The number of aryl methyl sites for hydroxylation is 1. The fraction of sp³-hybridized carbons (Fsp3) is 0.592. The molecule has 0 unspecified atom stereocenters. The molecule has 4 aromatic rings. The molecule has 4 aliphatic heterocycles. The Morgan fingerprint density at radius 3 is 2.58 bits per heavy atom. The van der Waals surface area contributed by atoms with Gasteiger partial charge in [0.2, 0.25) is 5.91 Å². The third-order valence-corrected chi connectivity index (χ3v) is 14.8. The molecule has 16 heteroatoms. The number of carbonyl (C=O) groups is 4. The number of likely N-dealkylation sites (tertiary alicyclic amines) is 2. The van der Waals surface area contributed by atoms with Gasteiger partial charge in [0.1, 0.15) is 23.9 Å². The Labute approximate surface area is 387 Å². The molecule has 15 nitrogen and oxygen atoms in total. The highest BCUT2D eigenvalue weighted by Gasteiger charge is 2.43. The number of fused-ring (bicyclic) bond motifs is 6. The Kier molecular flexibility index (Phi) is 13.8. The van der Waals surface area contributed by atoms with Crippen molar-refractivity contribution < 1.29 is 28.7 Å². The van der Waals surface area contributed by atoms with Crippen LogP contribution in [0.15, 0.2) is 41.9 Å². The highest BCUT2D eigenvalue weighted by atomic mass is 32.1. The van der Waals surface area contributed by atoms with Gasteiger partial charge < -0.3 is 34.0 Å². The van der Waals surface area contributed by atoms with Gasteiger partial charge in [0.05, 0.1) is 41.4 Å². The molecule has 6 bridgehead atoms. The molecule has 4 atom stereocenters. The maximum absolute atomic E-state index is 14.8. The van der Waals surface area contributed by atoms with E-state index in [9.17, 15) is 19.2 Å². The van der Waals surface area contributed by atoms with Gasteiger partial charge in [0.25, 0.3) is 5.91 Å². The molecule has 3 saturated heterocycles. The van der Waals surface area contributed by atoms with Crippen LogP contribution in [0.2, 0.25) is 0 Å². The first kappa shape index (κ1) is 46.8. The Hall–Kier alpha value is -4.74. The average molecular weight is 910 g/mol. The minimum absolute atomic E-state index is 0.0554. The highest BCUT2D eigenvalue weighted by molar-refractivity contribution is 7.10. The van der Waals surface area contributed by atoms with Gasteiger partial charge >= 0.3 is 6.03 Å². The lowest BCUT2D eigenvalue weighted by molar-refractivity contribution is -0.147. The second kappa shape index (κ2) is 19.2. The Morgan fingerprint density at radius 1 is 1.11 bits per heavy atom. The van der Waals surface area contributed by atoms with Crippen LogP contribution in [0, 0.1) is 11.3 Å². The van der Waals surface area contributed by atoms with E-state index in [0.29, 0.717) is 56.6 Å². The summed E-state index contributed by atoms with van der Waals surface area (Å²) in [6.07, 6.45) is 6.61. The summed E-state index contributed by atoms with van der Waals surface area (Å²) in [5.41, 5.74) is 8.63. The minimum atomic E-state index is -1.16. The van der Waals surface area contributed by atoms with E-state index in [1.807, 2.05) is 38.4 Å². The quantitative estimate of drug-likeness (QED) is 0.179. The van der Waals surface area contributed by atoms with Gasteiger partial charge in [-0.2, -0.15) is 0 Å². The zero-order chi connectivity index (χ0) is 46.2. The molecule has 4 aliphatic rings. The lowest BCUT2D eigenvalue weighted by Gasteiger charge is -2.46. The molecule has 0 aliphatic carbocycles. The number of aldehydes is 1. The van der Waals surface area contributed by atoms with Crippen molar-refractivity contribution in [2.75, 3.05) is 60.1 Å². The topological polar surface area (TPSA) is 154 Å². The number of hydrazine groups is 1. The largest absolute Gasteiger partial charge is 0.378 e. The number of pyridine rings is 1. The molecular formula is C49H67N9O6S. The van der Waals surface area contributed by atoms with Gasteiger partial charge in [-0.25, -0.2) is 15.2 Å². The molecule has 4 amide bonds. The van der Waals surface area contributed by atoms with E-state index in [0.717, 1.165) is 70.6 Å². The third-order valence-electron chi connectivity index (χ3n) is 13.9. The second-order valence-electron chi connectivity index (χ2n) is 19.7. The van der Waals surface area contributed by atoms with E-state index < -0.39 is 23.5 Å². The van der Waals surface area contributed by atoms with Crippen molar-refractivity contribution in [1.29, 1.82) is 0 Å². The average Bonchev–Trinajstić information content (AvgIpc) is 4.05. The Balaban J connectivity index is 1.15. The summed E-state index contributed by atoms with van der Waals surface area (Å²) >= 11 is 1.44. The van der Waals surface area contributed by atoms with Crippen LogP contribution in [0.4, 0.5) is 4.79 Å². The number of methoxy groups -OCH3 is 1. The van der Waals surface area contributed by atoms with Gasteiger partial charge in [-0.05, 0) is 100 Å². The van der Waals surface area contributed by atoms with Crippen LogP contribution < -0.4 is 10.7 Å². The van der Waals surface area contributed by atoms with E-state index in [2.05, 4.69) is 65.2 Å². The van der Waals surface area contributed by atoms with E-state index in [1.165, 1.54) is 34.1 Å². The number of rotatable bonds is 10. The summed E-state index contributed by atoms with van der Waals surface area (Å²) in [6, 6.07) is 8.86. The number of benzene rings is 1. The molecule has 2 N–H and O–H groups in total. The van der Waals surface area contributed by atoms with Crippen molar-refractivity contribution in [1.82, 2.24) is 45.0 Å². The van der Waals surface area contributed by atoms with Crippen molar-refractivity contribution in [3.8, 4) is 22.5 Å². The van der Waals surface area contributed by atoms with Gasteiger partial charge in [0, 0.05) is 86.4 Å². The molecule has 350 valence electrons. The second-order valence-corrected chi connectivity index (χ2v) is 20.6. The summed E-state index contributed by atoms with van der Waals surface area (Å²) in [7, 11) is 3.38. The zero-order valence-electron chi connectivity index (χ0n) is 39.4. The number of amides is 4. The monoisotopic (exact) mass is 909 g/mol. The number of nitrogens with zero attached hydrogens (tertiary/aromatic N) is 7. The Bertz CT molecular complexity index is 2390. The van der Waals surface area contributed by atoms with Crippen LogP contribution in [-0.2, 0) is 43.2 Å². The predicted molar refractivity (Wildman–Crippen MR) is 252 cm³/mol. The molecule has 8 rings (SSSR count). The van der Waals surface area contributed by atoms with Crippen LogP contribution in [0.25, 0.3) is 33.4 Å². The number of nitrogens with one attached hydrogen (secondary N) is 2. The van der Waals surface area contributed by atoms with Crippen molar-refractivity contribution in [2.45, 2.75) is 116 Å². The lowest BCUT2D eigenvalue weighted by Crippen LogP contribution is -2.67. The van der Waals surface area contributed by atoms with Gasteiger partial charge in [0.15, 0.2) is 0 Å². The van der Waals surface area contributed by atoms with Crippen molar-refractivity contribution in [3.05, 3.63) is 58.2 Å². The normalized spacial score (nSPS) is 23.0. The first-order chi connectivity index (χ1) is 31.2. The van der Waals surface area contributed by atoms with Gasteiger partial charge in [-0.1, -0.05) is 33.8 Å². The van der Waals surface area contributed by atoms with E-state index in [-0.39, 0.29) is 42.4 Å². The van der Waals surface area contributed by atoms with E-state index in [1.54, 1.807) is 19.1 Å². The molecule has 0 radical (unpaired) electrons. The van der Waals surface area contributed by atoms with Crippen molar-refractivity contribution in [2.24, 2.45) is 11.3 Å². The predicted octanol–water partition coefficient (Wildman–Crippen LogP) is 6.10. The molecular weight excluding hydrogens is 843 g/mol. The van der Waals surface area contributed by atoms with Crippen molar-refractivity contribution >= 4 is 46.4 Å². The SMILES string of the molecule is CCn1c(-c2cccnc2[C@H](C)OC)c2c3cc(ccc31)-c1csc(n1)C[C@H](NC(=O)[C@H](C(C)C)N(C)C(=O)N1CC(N3CCCC3)C1)C(=O)N1CCC[C@](C=O)(COCC(C)(C)C2)N1. The van der Waals surface area contributed by atoms with Crippen LogP contribution in [0.3, 0.4) is 0 Å². The van der Waals surface area contributed by atoms with Crippen LogP contribution in [-0.4, -0.2) is 142 Å². The summed E-state index contributed by atoms with van der Waals surface area (Å²) in [5, 5.41) is 8.33. The molecule has 1 aromatic carbocycles. The molecule has 3 fully saturated rings. The van der Waals surface area contributed by atoms with Gasteiger partial charge in [-0.3, -0.25) is 24.5 Å². The number of hydrogen-bond donors (Lipinski definition) is 2. The maximum atomic E-state index is 14.8. The standard InChI is InChI=1S/C49H67N9O6S/c1-9-57-40-16-15-33-22-36(40)37(44(57)35-14-12-18-50-42(35)32(4)63-8)24-48(5,6)29-64-30-49(28-59)17-13-21-58(53-49)46(61)38(23-41-51-39(33)27-65-41)52-45(60)43(31(2)3)54(7)47(62)56-25-34(26-56)55-19-10-11-20-55/h12,14-16,18,22,27-28,31-32,34,38,43,53H,9-11,13,17,19-21,23-26,29-30H2,1-8H3,(H,52,60)/t32-,38-,43-,49-/m0/s1. The number of thiazole rings is 1. The molecule has 0 saturated carbocycles. The summed E-state index contributed by atoms with van der Waals surface area (Å²) in [5.74, 6) is -1.04. The van der Waals surface area contributed by atoms with Crippen molar-refractivity contribution in [3.63, 3.8) is 0 Å². The van der Waals surface area contributed by atoms with Crippen LogP contribution >= 0.6 is 11.3 Å². The van der Waals surface area contributed by atoms with Crippen LogP contribution in [0.1, 0.15) is 89.6 Å². The number of aromatic nitrogens is 3. The highest BCUT2D eigenvalue weighted by Crippen LogP contribution is 2.42. The smallest absolute Gasteiger partial charge is 0.320 e. The molecule has 7 heterocycles. The molecule has 3 aromatic heterocycles. The first-order valence-electron chi connectivity index (χ1n) is 23.4. The minimum Gasteiger partial charge on any atom is -0.378 e. The summed E-state index contributed by atoms with van der Waals surface area (Å²) < 4.78 is 14.7. The van der Waals surface area contributed by atoms with E-state index >= 15 is 0 Å². The molecule has 65 heavy (non-hydrogen) atoms. The maximum Gasteiger partial charge on any atom is 0.320 e. The number of hydrogen-bond acceptors (Lipinski definition) is 11. The van der Waals surface area contributed by atoms with Crippen LogP contribution in [0.5, 0.6) is 0 Å². The zero-order valence-corrected chi connectivity index (χ0v) is 40.2. The van der Waals surface area contributed by atoms with Gasteiger partial charge in [-0.15, -0.1) is 11.3 Å².